The van der Waals surface area contributed by atoms with Gasteiger partial charge < -0.3 is 10.3 Å². The van der Waals surface area contributed by atoms with Crippen LogP contribution in [0, 0.1) is 0 Å². The van der Waals surface area contributed by atoms with Gasteiger partial charge in [0, 0.05) is 12.4 Å². The van der Waals surface area contributed by atoms with Gasteiger partial charge in [-0.1, -0.05) is 24.4 Å². The summed E-state index contributed by atoms with van der Waals surface area (Å²) in [4.78, 5) is 13.5. The fraction of sp³-hybridized carbons (Fsp3) is 0.143. The first-order valence-electron chi connectivity index (χ1n) is 6.22. The van der Waals surface area contributed by atoms with Crippen LogP contribution in [0.25, 0.3) is 11.0 Å². The van der Waals surface area contributed by atoms with E-state index in [4.69, 9.17) is 18.0 Å². The molecule has 3 aromatic rings. The van der Waals surface area contributed by atoms with Crippen molar-refractivity contribution in [1.82, 2.24) is 19.5 Å². The van der Waals surface area contributed by atoms with Crippen LogP contribution in [0.2, 0.25) is 0 Å². The number of hydrogen-bond acceptors (Lipinski definition) is 4. The average Bonchev–Trinajstić information content (AvgIpc) is 2.77. The van der Waals surface area contributed by atoms with E-state index >= 15 is 0 Å². The molecule has 2 N–H and O–H groups in total. The quantitative estimate of drug-likeness (QED) is 0.738. The van der Waals surface area contributed by atoms with E-state index in [9.17, 15) is 0 Å². The molecule has 100 valence electrons. The topological polar surface area (TPSA) is 69.6 Å². The van der Waals surface area contributed by atoms with Gasteiger partial charge in [-0.2, -0.15) is 0 Å². The Kier molecular flexibility index (Phi) is 3.39. The Bertz CT molecular complexity index is 751. The van der Waals surface area contributed by atoms with E-state index in [2.05, 4.69) is 19.5 Å². The van der Waals surface area contributed by atoms with Gasteiger partial charge in [0.05, 0.1) is 29.0 Å². The van der Waals surface area contributed by atoms with Gasteiger partial charge in [-0.3, -0.25) is 0 Å². The van der Waals surface area contributed by atoms with Crippen molar-refractivity contribution in [1.29, 1.82) is 0 Å². The lowest BCUT2D eigenvalue weighted by Gasteiger charge is -2.07. The Morgan fingerprint density at radius 1 is 1.15 bits per heavy atom. The van der Waals surface area contributed by atoms with Gasteiger partial charge in [0.2, 0.25) is 0 Å². The van der Waals surface area contributed by atoms with Crippen molar-refractivity contribution in [3.05, 3.63) is 54.4 Å². The van der Waals surface area contributed by atoms with Crippen LogP contribution in [-0.2, 0) is 13.0 Å². The summed E-state index contributed by atoms with van der Waals surface area (Å²) in [6.45, 7) is 0.555. The van der Waals surface area contributed by atoms with E-state index in [-0.39, 0.29) is 0 Å². The zero-order chi connectivity index (χ0) is 13.9. The van der Waals surface area contributed by atoms with E-state index < -0.39 is 0 Å². The Morgan fingerprint density at radius 3 is 2.65 bits per heavy atom. The molecule has 0 fully saturated rings. The number of para-hydroxylation sites is 2. The third-order valence-corrected chi connectivity index (χ3v) is 3.13. The summed E-state index contributed by atoms with van der Waals surface area (Å²) in [6.07, 6.45) is 3.93. The molecule has 0 atom stereocenters. The van der Waals surface area contributed by atoms with E-state index in [1.54, 1.807) is 18.5 Å². The zero-order valence-electron chi connectivity index (χ0n) is 10.7. The molecular formula is C14H13N5S. The van der Waals surface area contributed by atoms with Gasteiger partial charge >= 0.3 is 0 Å². The van der Waals surface area contributed by atoms with E-state index in [0.717, 1.165) is 22.7 Å². The number of rotatable bonds is 4. The van der Waals surface area contributed by atoms with Crippen molar-refractivity contribution in [3.63, 3.8) is 0 Å². The Labute approximate surface area is 121 Å². The van der Waals surface area contributed by atoms with Crippen molar-refractivity contribution in [2.24, 2.45) is 5.73 Å². The van der Waals surface area contributed by atoms with E-state index in [1.165, 1.54) is 0 Å². The van der Waals surface area contributed by atoms with Crippen LogP contribution in [0.4, 0.5) is 0 Å². The lowest BCUT2D eigenvalue weighted by Crippen LogP contribution is -2.16. The second kappa shape index (κ2) is 5.34. The fourth-order valence-corrected chi connectivity index (χ4v) is 2.27. The minimum absolute atomic E-state index is 0.426. The molecular weight excluding hydrogens is 270 g/mol. The van der Waals surface area contributed by atoms with Gasteiger partial charge in [0.25, 0.3) is 0 Å². The van der Waals surface area contributed by atoms with Crippen molar-refractivity contribution in [3.8, 4) is 0 Å². The largest absolute Gasteiger partial charge is 0.393 e. The highest BCUT2D eigenvalue weighted by atomic mass is 32.1. The molecule has 0 bridgehead atoms. The molecule has 2 heterocycles. The van der Waals surface area contributed by atoms with Crippen LogP contribution in [-0.4, -0.2) is 24.5 Å². The highest BCUT2D eigenvalue weighted by Crippen LogP contribution is 2.17. The minimum atomic E-state index is 0.426. The molecule has 20 heavy (non-hydrogen) atoms. The van der Waals surface area contributed by atoms with E-state index in [1.807, 2.05) is 24.3 Å². The highest BCUT2D eigenvalue weighted by molar-refractivity contribution is 7.80. The number of thiocarbonyl (C=S) groups is 1. The number of aromatic nitrogens is 4. The van der Waals surface area contributed by atoms with Crippen LogP contribution in [0.5, 0.6) is 0 Å². The molecule has 0 unspecified atom stereocenters. The van der Waals surface area contributed by atoms with Gasteiger partial charge in [-0.15, -0.1) is 0 Å². The minimum Gasteiger partial charge on any atom is -0.393 e. The summed E-state index contributed by atoms with van der Waals surface area (Å²) in [5.41, 5.74) is 7.61. The highest BCUT2D eigenvalue weighted by Gasteiger charge is 2.12. The fourth-order valence-electron chi connectivity index (χ4n) is 2.15. The molecule has 6 heteroatoms. The summed E-state index contributed by atoms with van der Waals surface area (Å²) < 4.78 is 2.06. The third-order valence-electron chi connectivity index (χ3n) is 2.98. The predicted molar refractivity (Wildman–Crippen MR) is 81.4 cm³/mol. The first-order valence-corrected chi connectivity index (χ1v) is 6.63. The summed E-state index contributed by atoms with van der Waals surface area (Å²) >= 11 is 5.00. The Balaban J connectivity index is 2.08. The molecule has 0 aliphatic heterocycles. The summed E-state index contributed by atoms with van der Waals surface area (Å²) in [5.74, 6) is 1.57. The second-order valence-corrected chi connectivity index (χ2v) is 4.94. The number of nitrogens with zero attached hydrogens (tertiary/aromatic N) is 4. The maximum absolute atomic E-state index is 5.66. The standard InChI is InChI=1S/C14H13N5S/c15-12(20)8-14-18-10-4-1-2-5-11(10)19(14)9-13-16-6-3-7-17-13/h1-7H,8-9H2,(H2,15,20). The lowest BCUT2D eigenvalue weighted by molar-refractivity contribution is 0.728. The third kappa shape index (κ3) is 2.50. The van der Waals surface area contributed by atoms with Crippen LogP contribution in [0.15, 0.2) is 42.7 Å². The van der Waals surface area contributed by atoms with Crippen LogP contribution in [0.3, 0.4) is 0 Å². The van der Waals surface area contributed by atoms with Gasteiger partial charge in [0.15, 0.2) is 0 Å². The van der Waals surface area contributed by atoms with Crippen molar-refractivity contribution in [2.45, 2.75) is 13.0 Å². The lowest BCUT2D eigenvalue weighted by atomic mass is 10.3. The first-order chi connectivity index (χ1) is 9.74. The number of imidazole rings is 1. The average molecular weight is 283 g/mol. The normalized spacial score (nSPS) is 10.8. The molecule has 0 aliphatic rings. The number of nitrogens with two attached hydrogens (primary N) is 1. The molecule has 0 amide bonds. The zero-order valence-corrected chi connectivity index (χ0v) is 11.5. The molecule has 0 saturated heterocycles. The van der Waals surface area contributed by atoms with Gasteiger partial charge in [-0.05, 0) is 18.2 Å². The maximum Gasteiger partial charge on any atom is 0.147 e. The monoisotopic (exact) mass is 283 g/mol. The summed E-state index contributed by atoms with van der Waals surface area (Å²) in [5, 5.41) is 0. The summed E-state index contributed by atoms with van der Waals surface area (Å²) in [7, 11) is 0. The van der Waals surface area contributed by atoms with Crippen molar-refractivity contribution < 1.29 is 0 Å². The molecule has 0 radical (unpaired) electrons. The molecule has 3 rings (SSSR count). The molecule has 0 aliphatic carbocycles. The van der Waals surface area contributed by atoms with Crippen LogP contribution >= 0.6 is 12.2 Å². The summed E-state index contributed by atoms with van der Waals surface area (Å²) in [6, 6.07) is 9.74. The smallest absolute Gasteiger partial charge is 0.147 e. The molecule has 0 saturated carbocycles. The maximum atomic E-state index is 5.66. The molecule has 1 aromatic carbocycles. The van der Waals surface area contributed by atoms with Crippen molar-refractivity contribution >= 4 is 28.2 Å². The second-order valence-electron chi connectivity index (χ2n) is 4.41. The first kappa shape index (κ1) is 12.7. The Morgan fingerprint density at radius 2 is 1.90 bits per heavy atom. The van der Waals surface area contributed by atoms with Gasteiger partial charge in [-0.25, -0.2) is 15.0 Å². The predicted octanol–water partition coefficient (Wildman–Crippen LogP) is 1.70. The van der Waals surface area contributed by atoms with Crippen molar-refractivity contribution in [2.75, 3.05) is 0 Å². The Hall–Kier alpha value is -2.34. The molecule has 2 aromatic heterocycles. The molecule has 0 spiro atoms. The number of benzene rings is 1. The number of fused-ring (bicyclic) bond motifs is 1. The van der Waals surface area contributed by atoms with E-state index in [0.29, 0.717) is 18.0 Å². The van der Waals surface area contributed by atoms with Gasteiger partial charge in [0.1, 0.15) is 11.6 Å². The SMILES string of the molecule is NC(=S)Cc1nc2ccccc2n1Cc1ncccn1. The van der Waals surface area contributed by atoms with Crippen LogP contribution in [0.1, 0.15) is 11.6 Å². The molecule has 5 nitrogen and oxygen atoms in total. The van der Waals surface area contributed by atoms with Crippen LogP contribution < -0.4 is 5.73 Å². The number of hydrogen-bond donors (Lipinski definition) is 1.